The van der Waals surface area contributed by atoms with Gasteiger partial charge in [-0.1, -0.05) is 41.4 Å². The number of thiophene rings is 1. The fourth-order valence-electron chi connectivity index (χ4n) is 6.10. The van der Waals surface area contributed by atoms with Gasteiger partial charge in [-0.2, -0.15) is 5.26 Å². The molecule has 0 saturated carbocycles. The molecule has 4 N–H and O–H groups in total. The highest BCUT2D eigenvalue weighted by Gasteiger charge is 2.61. The van der Waals surface area contributed by atoms with Gasteiger partial charge in [-0.15, -0.1) is 11.3 Å². The van der Waals surface area contributed by atoms with Crippen LogP contribution < -0.4 is 16.0 Å². The summed E-state index contributed by atoms with van der Waals surface area (Å²) < 4.78 is 16.0. The van der Waals surface area contributed by atoms with Crippen LogP contribution in [0.1, 0.15) is 53.4 Å². The summed E-state index contributed by atoms with van der Waals surface area (Å²) in [5.74, 6) is -3.95. The Kier molecular flexibility index (Phi) is 7.59. The number of nitrogens with zero attached hydrogens (tertiary/aromatic N) is 1. The summed E-state index contributed by atoms with van der Waals surface area (Å²) >= 11 is 13.3. The number of carboxylic acid groups (broad SMARTS) is 1. The second-order valence-electron chi connectivity index (χ2n) is 11.0. The zero-order valence-corrected chi connectivity index (χ0v) is 24.3. The van der Waals surface area contributed by atoms with Gasteiger partial charge < -0.3 is 21.1 Å². The van der Waals surface area contributed by atoms with Crippen LogP contribution in [0, 0.1) is 22.6 Å². The van der Waals surface area contributed by atoms with Gasteiger partial charge in [-0.3, -0.25) is 9.59 Å². The van der Waals surface area contributed by atoms with Crippen molar-refractivity contribution in [2.75, 3.05) is 10.6 Å². The average molecular weight is 616 g/mol. The lowest BCUT2D eigenvalue weighted by Gasteiger charge is -2.39. The Labute approximate surface area is 249 Å². The van der Waals surface area contributed by atoms with Gasteiger partial charge in [0.15, 0.2) is 0 Å². The summed E-state index contributed by atoms with van der Waals surface area (Å²) in [5.41, 5.74) is -1.21. The van der Waals surface area contributed by atoms with Crippen LogP contribution in [0.2, 0.25) is 10.0 Å². The van der Waals surface area contributed by atoms with Crippen LogP contribution in [-0.2, 0) is 15.0 Å². The number of benzene rings is 2. The van der Waals surface area contributed by atoms with Crippen LogP contribution >= 0.6 is 34.5 Å². The third-order valence-electron chi connectivity index (χ3n) is 7.70. The molecule has 2 aromatic carbocycles. The van der Waals surface area contributed by atoms with Gasteiger partial charge in [0.1, 0.15) is 10.7 Å². The van der Waals surface area contributed by atoms with E-state index in [-0.39, 0.29) is 26.9 Å². The monoisotopic (exact) mass is 614 g/mol. The lowest BCUT2D eigenvalue weighted by Crippen LogP contribution is -2.54. The molecule has 1 fully saturated rings. The number of amides is 2. The largest absolute Gasteiger partial charge is 0.477 e. The Morgan fingerprint density at radius 1 is 1.24 bits per heavy atom. The molecule has 3 heterocycles. The number of aromatic carboxylic acids is 1. The molecular weight excluding hydrogens is 590 g/mol. The average Bonchev–Trinajstić information content (AvgIpc) is 3.60. The van der Waals surface area contributed by atoms with Crippen LogP contribution in [0.5, 0.6) is 0 Å². The van der Waals surface area contributed by atoms with Gasteiger partial charge >= 0.3 is 5.97 Å². The maximum Gasteiger partial charge on any atom is 0.345 e. The SMILES string of the molecule is CC(C)(C#N)C[C@H]1C[C@](c2cccc(Cl)c2F)(C2C(=O)Nc3cc(Cl)ccc32)[C@H](C(=O)Nc2ccc(C(=O)O)s2)N1. The molecule has 0 radical (unpaired) electrons. The van der Waals surface area contributed by atoms with Crippen molar-refractivity contribution in [3.8, 4) is 6.07 Å². The maximum absolute atomic E-state index is 16.0. The van der Waals surface area contributed by atoms with Crippen molar-refractivity contribution >= 4 is 63.0 Å². The summed E-state index contributed by atoms with van der Waals surface area (Å²) in [7, 11) is 0. The first-order chi connectivity index (χ1) is 19.4. The number of carbonyl (C=O) groups is 3. The normalized spacial score (nSPS) is 23.5. The summed E-state index contributed by atoms with van der Waals surface area (Å²) in [6.07, 6.45) is 0.430. The van der Waals surface area contributed by atoms with Crippen LogP contribution in [0.25, 0.3) is 0 Å². The molecule has 1 unspecified atom stereocenters. The summed E-state index contributed by atoms with van der Waals surface area (Å²) in [6, 6.07) is 12.9. The van der Waals surface area contributed by atoms with E-state index < -0.39 is 52.4 Å². The van der Waals surface area contributed by atoms with Gasteiger partial charge in [-0.25, -0.2) is 9.18 Å². The number of hydrogen-bond donors (Lipinski definition) is 4. The molecule has 0 aliphatic carbocycles. The minimum absolute atomic E-state index is 0.0291. The molecule has 2 aliphatic rings. The van der Waals surface area contributed by atoms with E-state index in [1.165, 1.54) is 24.3 Å². The molecule has 0 spiro atoms. The van der Waals surface area contributed by atoms with E-state index >= 15 is 4.39 Å². The van der Waals surface area contributed by atoms with Crippen molar-refractivity contribution in [1.82, 2.24) is 5.32 Å². The molecule has 12 heteroatoms. The second-order valence-corrected chi connectivity index (χ2v) is 12.9. The minimum Gasteiger partial charge on any atom is -0.477 e. The van der Waals surface area contributed by atoms with Crippen molar-refractivity contribution < 1.29 is 23.9 Å². The Morgan fingerprint density at radius 2 is 2.00 bits per heavy atom. The number of halogens is 3. The first kappa shape index (κ1) is 29.0. The molecule has 4 atom stereocenters. The number of anilines is 2. The van der Waals surface area contributed by atoms with Crippen molar-refractivity contribution in [1.29, 1.82) is 5.26 Å². The third kappa shape index (κ3) is 5.19. The van der Waals surface area contributed by atoms with Crippen LogP contribution in [0.15, 0.2) is 48.5 Å². The molecule has 0 bridgehead atoms. The first-order valence-corrected chi connectivity index (χ1v) is 14.3. The topological polar surface area (TPSA) is 131 Å². The zero-order chi connectivity index (χ0) is 29.7. The molecular formula is C29H25Cl2FN4O4S. The van der Waals surface area contributed by atoms with Crippen LogP contribution in [0.4, 0.5) is 15.1 Å². The molecule has 8 nitrogen and oxygen atoms in total. The predicted molar refractivity (Wildman–Crippen MR) is 155 cm³/mol. The highest BCUT2D eigenvalue weighted by atomic mass is 35.5. The fourth-order valence-corrected chi connectivity index (χ4v) is 7.19. The molecule has 3 aromatic rings. The maximum atomic E-state index is 16.0. The summed E-state index contributed by atoms with van der Waals surface area (Å²) in [5, 5.41) is 28.5. The zero-order valence-electron chi connectivity index (χ0n) is 21.9. The lowest BCUT2D eigenvalue weighted by atomic mass is 9.62. The molecule has 41 heavy (non-hydrogen) atoms. The van der Waals surface area contributed by atoms with Crippen molar-refractivity contribution in [2.24, 2.45) is 5.41 Å². The molecule has 2 amide bonds. The van der Waals surface area contributed by atoms with Gasteiger partial charge in [0.05, 0.1) is 33.5 Å². The quantitative estimate of drug-likeness (QED) is 0.251. The number of hydrogen-bond acceptors (Lipinski definition) is 6. The fraction of sp³-hybridized carbons (Fsp3) is 0.310. The van der Waals surface area contributed by atoms with E-state index in [2.05, 4.69) is 22.0 Å². The number of fused-ring (bicyclic) bond motifs is 1. The summed E-state index contributed by atoms with van der Waals surface area (Å²) in [4.78, 5) is 39.3. The molecule has 1 saturated heterocycles. The number of nitriles is 1. The number of rotatable bonds is 7. The van der Waals surface area contributed by atoms with Crippen molar-refractivity contribution in [2.45, 2.75) is 50.1 Å². The highest BCUT2D eigenvalue weighted by Crippen LogP contribution is 2.55. The molecule has 5 rings (SSSR count). The molecule has 1 aromatic heterocycles. The number of carboxylic acids is 1. The molecule has 2 aliphatic heterocycles. The van der Waals surface area contributed by atoms with E-state index in [4.69, 9.17) is 23.2 Å². The molecule has 212 valence electrons. The van der Waals surface area contributed by atoms with E-state index in [1.54, 1.807) is 38.1 Å². The third-order valence-corrected chi connectivity index (χ3v) is 9.22. The van der Waals surface area contributed by atoms with Crippen LogP contribution in [-0.4, -0.2) is 35.0 Å². The Bertz CT molecular complexity index is 1620. The van der Waals surface area contributed by atoms with Crippen molar-refractivity contribution in [3.63, 3.8) is 0 Å². The Balaban J connectivity index is 1.71. The lowest BCUT2D eigenvalue weighted by molar-refractivity contribution is -0.121. The number of nitrogens with one attached hydrogen (secondary N) is 3. The predicted octanol–water partition coefficient (Wildman–Crippen LogP) is 6.17. The van der Waals surface area contributed by atoms with Gasteiger partial charge in [0.25, 0.3) is 0 Å². The Hall–Kier alpha value is -3.49. The van der Waals surface area contributed by atoms with E-state index in [0.717, 1.165) is 11.3 Å². The first-order valence-electron chi connectivity index (χ1n) is 12.7. The summed E-state index contributed by atoms with van der Waals surface area (Å²) in [6.45, 7) is 3.53. The standard InChI is InChI=1S/C29H25Cl2FN4O4S/c1-28(2,13-33)11-15-12-29(17-4-3-5-18(31)23(17)32,22-16-7-6-14(30)10-19(16)35-25(22)37)24(34-15)26(38)36-21-9-8-20(41-21)27(39)40/h3-10,15,22,24,34H,11-12H2,1-2H3,(H,35,37)(H,36,38)(H,39,40)/t15-,22?,24-,29-/m0/s1. The Morgan fingerprint density at radius 3 is 2.68 bits per heavy atom. The van der Waals surface area contributed by atoms with Crippen molar-refractivity contribution in [3.05, 3.63) is 80.4 Å². The van der Waals surface area contributed by atoms with E-state index in [0.29, 0.717) is 22.7 Å². The smallest absolute Gasteiger partial charge is 0.345 e. The minimum atomic E-state index is -1.49. The van der Waals surface area contributed by atoms with Gasteiger partial charge in [0, 0.05) is 22.2 Å². The second kappa shape index (κ2) is 10.7. The van der Waals surface area contributed by atoms with Gasteiger partial charge in [-0.05, 0) is 68.1 Å². The van der Waals surface area contributed by atoms with Crippen LogP contribution in [0.3, 0.4) is 0 Å². The van der Waals surface area contributed by atoms with E-state index in [9.17, 15) is 24.8 Å². The van der Waals surface area contributed by atoms with E-state index in [1.807, 2.05) is 0 Å². The number of carbonyl (C=O) groups excluding carboxylic acids is 2. The highest BCUT2D eigenvalue weighted by molar-refractivity contribution is 7.18. The van der Waals surface area contributed by atoms with Gasteiger partial charge in [0.2, 0.25) is 11.8 Å².